The first-order valence-corrected chi connectivity index (χ1v) is 9.27. The Bertz CT molecular complexity index is 800. The highest BCUT2D eigenvalue weighted by Gasteiger charge is 2.25. The normalized spacial score (nSPS) is 13.1. The van der Waals surface area contributed by atoms with Gasteiger partial charge in [-0.2, -0.15) is 5.26 Å². The van der Waals surface area contributed by atoms with Crippen molar-refractivity contribution < 1.29 is 0 Å². The summed E-state index contributed by atoms with van der Waals surface area (Å²) in [6.45, 7) is 1.51. The Hall–Kier alpha value is -2.93. The zero-order chi connectivity index (χ0) is 18.9. The first-order chi connectivity index (χ1) is 13.3. The Morgan fingerprint density at radius 2 is 1.11 bits per heavy atom. The minimum absolute atomic E-state index is 0.0715. The molecular weight excluding hydrogens is 330 g/mol. The van der Waals surface area contributed by atoms with E-state index < -0.39 is 6.04 Å². The fourth-order valence-electron chi connectivity index (χ4n) is 3.35. The van der Waals surface area contributed by atoms with Gasteiger partial charge in [-0.05, 0) is 23.1 Å². The highest BCUT2D eigenvalue weighted by atomic mass is 15.2. The highest BCUT2D eigenvalue weighted by molar-refractivity contribution is 5.21. The van der Waals surface area contributed by atoms with E-state index in [0.29, 0.717) is 0 Å². The molecule has 0 amide bonds. The topological polar surface area (TPSA) is 53.1 Å². The van der Waals surface area contributed by atoms with E-state index in [9.17, 15) is 5.26 Å². The van der Waals surface area contributed by atoms with Gasteiger partial charge < -0.3 is 5.73 Å². The molecule has 0 heterocycles. The molecule has 2 unspecified atom stereocenters. The van der Waals surface area contributed by atoms with E-state index in [1.165, 1.54) is 16.7 Å². The van der Waals surface area contributed by atoms with Crippen LogP contribution < -0.4 is 5.73 Å². The van der Waals surface area contributed by atoms with Crippen LogP contribution in [0.15, 0.2) is 91.0 Å². The average Bonchev–Trinajstić information content (AvgIpc) is 2.73. The zero-order valence-electron chi connectivity index (χ0n) is 15.4. The summed E-state index contributed by atoms with van der Waals surface area (Å²) in [6, 6.07) is 32.6. The van der Waals surface area contributed by atoms with E-state index in [0.717, 1.165) is 19.5 Å². The second-order valence-corrected chi connectivity index (χ2v) is 6.79. The SMILES string of the molecule is N#CC(N)C(Cc1ccccc1)N(Cc1ccccc1)Cc1ccccc1. The van der Waals surface area contributed by atoms with Crippen molar-refractivity contribution in [1.29, 1.82) is 5.26 Å². The van der Waals surface area contributed by atoms with Gasteiger partial charge in [0.2, 0.25) is 0 Å². The molecule has 0 saturated heterocycles. The lowest BCUT2D eigenvalue weighted by Crippen LogP contribution is -2.47. The molecule has 3 heteroatoms. The van der Waals surface area contributed by atoms with E-state index in [-0.39, 0.29) is 6.04 Å². The van der Waals surface area contributed by atoms with Crippen LogP contribution in [-0.4, -0.2) is 17.0 Å². The van der Waals surface area contributed by atoms with E-state index >= 15 is 0 Å². The fraction of sp³-hybridized carbons (Fsp3) is 0.208. The van der Waals surface area contributed by atoms with Crippen molar-refractivity contribution in [3.63, 3.8) is 0 Å². The van der Waals surface area contributed by atoms with Gasteiger partial charge in [0.25, 0.3) is 0 Å². The second-order valence-electron chi connectivity index (χ2n) is 6.79. The van der Waals surface area contributed by atoms with Gasteiger partial charge in [-0.1, -0.05) is 91.0 Å². The van der Waals surface area contributed by atoms with Gasteiger partial charge in [-0.3, -0.25) is 4.90 Å². The van der Waals surface area contributed by atoms with Crippen LogP contribution in [0.1, 0.15) is 16.7 Å². The van der Waals surface area contributed by atoms with Crippen LogP contribution in [0, 0.1) is 11.3 Å². The van der Waals surface area contributed by atoms with E-state index in [2.05, 4.69) is 47.4 Å². The van der Waals surface area contributed by atoms with Crippen molar-refractivity contribution in [2.45, 2.75) is 31.6 Å². The molecule has 0 radical (unpaired) electrons. The number of nitrogens with two attached hydrogens (primary N) is 1. The van der Waals surface area contributed by atoms with Crippen molar-refractivity contribution >= 4 is 0 Å². The third-order valence-corrected chi connectivity index (χ3v) is 4.78. The van der Waals surface area contributed by atoms with Crippen LogP contribution in [0.4, 0.5) is 0 Å². The maximum atomic E-state index is 9.56. The van der Waals surface area contributed by atoms with Crippen LogP contribution in [0.3, 0.4) is 0 Å². The number of hydrogen-bond acceptors (Lipinski definition) is 3. The van der Waals surface area contributed by atoms with Crippen LogP contribution in [0.25, 0.3) is 0 Å². The lowest BCUT2D eigenvalue weighted by molar-refractivity contribution is 0.165. The summed E-state index contributed by atoms with van der Waals surface area (Å²) in [7, 11) is 0. The van der Waals surface area contributed by atoms with E-state index in [1.54, 1.807) is 0 Å². The van der Waals surface area contributed by atoms with Gasteiger partial charge in [-0.25, -0.2) is 0 Å². The Labute approximate surface area is 161 Å². The fourth-order valence-corrected chi connectivity index (χ4v) is 3.35. The standard InChI is InChI=1S/C24H25N3/c25-17-23(26)24(16-20-10-4-1-5-11-20)27(18-21-12-6-2-7-13-21)19-22-14-8-3-9-15-22/h1-15,23-24H,16,18-19,26H2. The van der Waals surface area contributed by atoms with Crippen LogP contribution >= 0.6 is 0 Å². The summed E-state index contributed by atoms with van der Waals surface area (Å²) in [5.41, 5.74) is 9.90. The van der Waals surface area contributed by atoms with Gasteiger partial charge in [-0.15, -0.1) is 0 Å². The predicted molar refractivity (Wildman–Crippen MR) is 110 cm³/mol. The van der Waals surface area contributed by atoms with Crippen molar-refractivity contribution in [3.8, 4) is 6.07 Å². The third kappa shape index (κ3) is 5.52. The molecule has 0 fully saturated rings. The molecule has 27 heavy (non-hydrogen) atoms. The van der Waals surface area contributed by atoms with Gasteiger partial charge in [0.1, 0.15) is 6.04 Å². The molecule has 0 aliphatic carbocycles. The third-order valence-electron chi connectivity index (χ3n) is 4.78. The van der Waals surface area contributed by atoms with Crippen molar-refractivity contribution in [3.05, 3.63) is 108 Å². The Morgan fingerprint density at radius 1 is 0.704 bits per heavy atom. The molecule has 0 bridgehead atoms. The lowest BCUT2D eigenvalue weighted by Gasteiger charge is -2.33. The second kappa shape index (κ2) is 9.68. The maximum Gasteiger partial charge on any atom is 0.109 e. The van der Waals surface area contributed by atoms with E-state index in [4.69, 9.17) is 5.73 Å². The molecular formula is C24H25N3. The lowest BCUT2D eigenvalue weighted by atomic mass is 9.97. The highest BCUT2D eigenvalue weighted by Crippen LogP contribution is 2.18. The molecule has 3 rings (SSSR count). The average molecular weight is 355 g/mol. The Morgan fingerprint density at radius 3 is 1.52 bits per heavy atom. The van der Waals surface area contributed by atoms with Crippen LogP contribution in [0.5, 0.6) is 0 Å². The smallest absolute Gasteiger partial charge is 0.109 e. The monoisotopic (exact) mass is 355 g/mol. The molecule has 0 aliphatic heterocycles. The summed E-state index contributed by atoms with van der Waals surface area (Å²) in [5.74, 6) is 0. The first-order valence-electron chi connectivity index (χ1n) is 9.27. The largest absolute Gasteiger partial charge is 0.315 e. The van der Waals surface area contributed by atoms with Gasteiger partial charge in [0, 0.05) is 19.1 Å². The molecule has 3 aromatic carbocycles. The number of hydrogen-bond donors (Lipinski definition) is 1. The summed E-state index contributed by atoms with van der Waals surface area (Å²) in [5, 5.41) is 9.56. The summed E-state index contributed by atoms with van der Waals surface area (Å²) < 4.78 is 0. The van der Waals surface area contributed by atoms with Crippen LogP contribution in [0.2, 0.25) is 0 Å². The predicted octanol–water partition coefficient (Wildman–Crippen LogP) is 4.15. The van der Waals surface area contributed by atoms with Crippen molar-refractivity contribution in [1.82, 2.24) is 4.90 Å². The summed E-state index contributed by atoms with van der Waals surface area (Å²) >= 11 is 0. The van der Waals surface area contributed by atoms with Gasteiger partial charge in [0.15, 0.2) is 0 Å². The number of nitrogens with zero attached hydrogens (tertiary/aromatic N) is 2. The molecule has 3 nitrogen and oxygen atoms in total. The minimum Gasteiger partial charge on any atom is -0.315 e. The van der Waals surface area contributed by atoms with Crippen LogP contribution in [-0.2, 0) is 19.5 Å². The minimum atomic E-state index is -0.558. The molecule has 0 aliphatic rings. The van der Waals surface area contributed by atoms with E-state index in [1.807, 2.05) is 54.6 Å². The Balaban J connectivity index is 1.89. The summed E-state index contributed by atoms with van der Waals surface area (Å²) in [4.78, 5) is 2.32. The zero-order valence-corrected chi connectivity index (χ0v) is 15.4. The Kier molecular flexibility index (Phi) is 6.76. The van der Waals surface area contributed by atoms with Crippen molar-refractivity contribution in [2.24, 2.45) is 5.73 Å². The molecule has 2 atom stereocenters. The molecule has 0 spiro atoms. The quantitative estimate of drug-likeness (QED) is 0.660. The molecule has 3 aromatic rings. The summed E-state index contributed by atoms with van der Waals surface area (Å²) in [6.07, 6.45) is 0.745. The van der Waals surface area contributed by atoms with Crippen molar-refractivity contribution in [2.75, 3.05) is 0 Å². The number of benzene rings is 3. The number of rotatable bonds is 8. The van der Waals surface area contributed by atoms with Gasteiger partial charge in [0.05, 0.1) is 6.07 Å². The number of nitriles is 1. The maximum absolute atomic E-state index is 9.56. The molecule has 0 aromatic heterocycles. The first kappa shape index (κ1) is 18.8. The van der Waals surface area contributed by atoms with Gasteiger partial charge >= 0.3 is 0 Å². The molecule has 2 N–H and O–H groups in total. The molecule has 136 valence electrons. The molecule has 0 saturated carbocycles.